The van der Waals surface area contributed by atoms with Crippen LogP contribution < -0.4 is 10.6 Å². The molecule has 3 aromatic rings. The van der Waals surface area contributed by atoms with Crippen molar-refractivity contribution < 1.29 is 18.0 Å². The van der Waals surface area contributed by atoms with Crippen LogP contribution in [0.15, 0.2) is 54.4 Å². The van der Waals surface area contributed by atoms with Gasteiger partial charge >= 0.3 is 6.18 Å². The second-order valence-electron chi connectivity index (χ2n) is 5.63. The van der Waals surface area contributed by atoms with E-state index in [0.717, 1.165) is 23.2 Å². The Hall–Kier alpha value is -3.51. The smallest absolute Gasteiger partial charge is 0.360 e. The Morgan fingerprint density at radius 1 is 1.21 bits per heavy atom. The largest absolute Gasteiger partial charge is 0.417 e. The van der Waals surface area contributed by atoms with Crippen molar-refractivity contribution in [3.05, 3.63) is 65.0 Å². The Bertz CT molecular complexity index is 1110. The second kappa shape index (κ2) is 7.62. The highest BCUT2D eigenvalue weighted by Crippen LogP contribution is 2.36. The molecule has 3 rings (SSSR count). The molecule has 1 amide bonds. The van der Waals surface area contributed by atoms with Gasteiger partial charge in [-0.1, -0.05) is 11.6 Å². The molecule has 0 atom stereocenters. The number of nitriles is 1. The minimum Gasteiger partial charge on any atom is -0.360 e. The van der Waals surface area contributed by atoms with Gasteiger partial charge in [-0.25, -0.2) is 0 Å². The average Bonchev–Trinajstić information content (AvgIpc) is 3.10. The third kappa shape index (κ3) is 4.24. The number of fused-ring (bicyclic) bond motifs is 1. The van der Waals surface area contributed by atoms with Crippen molar-refractivity contribution >= 4 is 39.8 Å². The summed E-state index contributed by atoms with van der Waals surface area (Å²) in [6, 6.07) is 9.86. The summed E-state index contributed by atoms with van der Waals surface area (Å²) in [6.07, 6.45) is -1.86. The predicted octanol–water partition coefficient (Wildman–Crippen LogP) is 4.69. The van der Waals surface area contributed by atoms with Crippen molar-refractivity contribution in [1.29, 1.82) is 5.26 Å². The van der Waals surface area contributed by atoms with Gasteiger partial charge in [0.2, 0.25) is 0 Å². The summed E-state index contributed by atoms with van der Waals surface area (Å²) in [5.74, 6) is -0.868. The number of aromatic nitrogens is 2. The maximum Gasteiger partial charge on any atom is 0.417 e. The van der Waals surface area contributed by atoms with Crippen molar-refractivity contribution in [1.82, 2.24) is 10.2 Å². The third-order valence-electron chi connectivity index (χ3n) is 3.72. The predicted molar refractivity (Wildman–Crippen MR) is 98.5 cm³/mol. The second-order valence-corrected chi connectivity index (χ2v) is 6.04. The van der Waals surface area contributed by atoms with Gasteiger partial charge in [0, 0.05) is 23.0 Å². The fraction of sp³-hybridized carbons (Fsp3) is 0.0556. The van der Waals surface area contributed by atoms with E-state index in [0.29, 0.717) is 11.8 Å². The summed E-state index contributed by atoms with van der Waals surface area (Å²) in [7, 11) is 0. The van der Waals surface area contributed by atoms with Crippen LogP contribution in [0.4, 0.5) is 24.5 Å². The number of H-pyrrole nitrogens is 1. The van der Waals surface area contributed by atoms with E-state index >= 15 is 0 Å². The molecule has 0 saturated carbocycles. The van der Waals surface area contributed by atoms with E-state index in [-0.39, 0.29) is 11.3 Å². The number of hydrogen-bond acceptors (Lipinski definition) is 4. The van der Waals surface area contributed by atoms with Gasteiger partial charge in [0.1, 0.15) is 11.6 Å². The summed E-state index contributed by atoms with van der Waals surface area (Å²) in [4.78, 5) is 12.2. The Morgan fingerprint density at radius 2 is 1.96 bits per heavy atom. The van der Waals surface area contributed by atoms with Crippen LogP contribution in [0.2, 0.25) is 5.02 Å². The van der Waals surface area contributed by atoms with Gasteiger partial charge in [-0.3, -0.25) is 9.89 Å². The number of carbonyl (C=O) groups is 1. The highest BCUT2D eigenvalue weighted by atomic mass is 35.5. The van der Waals surface area contributed by atoms with Gasteiger partial charge in [0.15, 0.2) is 0 Å². The third-order valence-corrected chi connectivity index (χ3v) is 4.05. The zero-order chi connectivity index (χ0) is 20.3. The number of nitrogens with one attached hydrogen (secondary N) is 3. The van der Waals surface area contributed by atoms with Gasteiger partial charge in [0.25, 0.3) is 5.91 Å². The standard InChI is InChI=1S/C18H11ClF3N5O/c19-15-4-3-13(5-14(15)18(20,21)22)26-17(28)11(7-23)8-24-12-2-1-10-9-25-27-16(10)6-12/h1-6,8-9,24H,(H,25,27)(H,26,28)/b11-8-. The molecule has 0 aliphatic carbocycles. The number of hydrogen-bond donors (Lipinski definition) is 3. The number of benzene rings is 2. The first-order valence-corrected chi connectivity index (χ1v) is 8.14. The van der Waals surface area contributed by atoms with Gasteiger partial charge in [-0.15, -0.1) is 0 Å². The molecule has 6 nitrogen and oxygen atoms in total. The molecule has 1 aromatic heterocycles. The van der Waals surface area contributed by atoms with E-state index in [4.69, 9.17) is 11.6 Å². The van der Waals surface area contributed by atoms with Gasteiger partial charge in [-0.2, -0.15) is 23.5 Å². The van der Waals surface area contributed by atoms with E-state index in [1.807, 2.05) is 0 Å². The molecule has 0 saturated heterocycles. The SMILES string of the molecule is N#C/C(=C/Nc1ccc2cn[nH]c2c1)C(=O)Nc1ccc(Cl)c(C(F)(F)F)c1. The van der Waals surface area contributed by atoms with Crippen LogP contribution in [0.5, 0.6) is 0 Å². The number of aromatic amines is 1. The molecule has 0 aliphatic rings. The minimum atomic E-state index is -4.67. The van der Waals surface area contributed by atoms with Crippen LogP contribution in [-0.4, -0.2) is 16.1 Å². The van der Waals surface area contributed by atoms with Crippen LogP contribution in [0.3, 0.4) is 0 Å². The Kier molecular flexibility index (Phi) is 5.24. The highest BCUT2D eigenvalue weighted by molar-refractivity contribution is 6.31. The van der Waals surface area contributed by atoms with Crippen LogP contribution in [0.1, 0.15) is 5.56 Å². The number of anilines is 2. The number of nitrogens with zero attached hydrogens (tertiary/aromatic N) is 2. The van der Waals surface area contributed by atoms with Gasteiger partial charge < -0.3 is 10.6 Å². The summed E-state index contributed by atoms with van der Waals surface area (Å²) < 4.78 is 38.7. The molecular weight excluding hydrogens is 395 g/mol. The number of rotatable bonds is 4. The number of alkyl halides is 3. The van der Waals surface area contributed by atoms with E-state index < -0.39 is 22.7 Å². The normalized spacial score (nSPS) is 11.9. The van der Waals surface area contributed by atoms with Crippen LogP contribution in [0, 0.1) is 11.3 Å². The lowest BCUT2D eigenvalue weighted by Crippen LogP contribution is -2.15. The van der Waals surface area contributed by atoms with Crippen molar-refractivity contribution in [3.63, 3.8) is 0 Å². The summed E-state index contributed by atoms with van der Waals surface area (Å²) in [5.41, 5.74) is -0.208. The lowest BCUT2D eigenvalue weighted by atomic mass is 10.2. The number of halogens is 4. The molecule has 0 spiro atoms. The molecule has 0 fully saturated rings. The Morgan fingerprint density at radius 3 is 2.68 bits per heavy atom. The van der Waals surface area contributed by atoms with Crippen molar-refractivity contribution in [2.45, 2.75) is 6.18 Å². The highest BCUT2D eigenvalue weighted by Gasteiger charge is 2.33. The average molecular weight is 406 g/mol. The van der Waals surface area contributed by atoms with Gasteiger partial charge in [-0.05, 0) is 36.4 Å². The molecule has 3 N–H and O–H groups in total. The monoisotopic (exact) mass is 405 g/mol. The molecule has 142 valence electrons. The van der Waals surface area contributed by atoms with Crippen molar-refractivity contribution in [3.8, 4) is 6.07 Å². The Balaban J connectivity index is 1.76. The van der Waals surface area contributed by atoms with E-state index in [2.05, 4.69) is 20.8 Å². The van der Waals surface area contributed by atoms with Crippen molar-refractivity contribution in [2.24, 2.45) is 0 Å². The summed E-state index contributed by atoms with van der Waals surface area (Å²) in [6.45, 7) is 0. The summed E-state index contributed by atoms with van der Waals surface area (Å²) in [5, 5.41) is 21.3. The molecular formula is C18H11ClF3N5O. The maximum atomic E-state index is 12.9. The lowest BCUT2D eigenvalue weighted by Gasteiger charge is -2.11. The first-order valence-electron chi connectivity index (χ1n) is 7.76. The zero-order valence-corrected chi connectivity index (χ0v) is 14.7. The van der Waals surface area contributed by atoms with E-state index in [1.54, 1.807) is 30.5 Å². The number of amides is 1. The molecule has 2 aromatic carbocycles. The van der Waals surface area contributed by atoms with Gasteiger partial charge in [0.05, 0.1) is 22.3 Å². The molecule has 28 heavy (non-hydrogen) atoms. The maximum absolute atomic E-state index is 12.9. The van der Waals surface area contributed by atoms with E-state index in [9.17, 15) is 23.2 Å². The molecule has 0 aliphatic heterocycles. The summed E-state index contributed by atoms with van der Waals surface area (Å²) >= 11 is 5.54. The topological polar surface area (TPSA) is 93.6 Å². The molecule has 0 unspecified atom stereocenters. The number of carbonyl (C=O) groups excluding carboxylic acids is 1. The van der Waals surface area contributed by atoms with E-state index in [1.165, 1.54) is 6.07 Å². The fourth-order valence-electron chi connectivity index (χ4n) is 2.35. The molecule has 1 heterocycles. The first kappa shape index (κ1) is 19.3. The van der Waals surface area contributed by atoms with Crippen LogP contribution >= 0.6 is 11.6 Å². The Labute approximate surface area is 161 Å². The van der Waals surface area contributed by atoms with Crippen LogP contribution in [0.25, 0.3) is 10.9 Å². The molecule has 0 radical (unpaired) electrons. The fourth-order valence-corrected chi connectivity index (χ4v) is 2.57. The lowest BCUT2D eigenvalue weighted by molar-refractivity contribution is -0.137. The quantitative estimate of drug-likeness (QED) is 0.433. The first-order chi connectivity index (χ1) is 13.3. The molecule has 0 bridgehead atoms. The van der Waals surface area contributed by atoms with Crippen LogP contribution in [-0.2, 0) is 11.0 Å². The molecule has 10 heteroatoms. The minimum absolute atomic E-state index is 0.137. The zero-order valence-electron chi connectivity index (χ0n) is 13.9. The van der Waals surface area contributed by atoms with Crippen molar-refractivity contribution in [2.75, 3.05) is 10.6 Å².